The zero-order chi connectivity index (χ0) is 15.2. The van der Waals surface area contributed by atoms with E-state index in [2.05, 4.69) is 10.3 Å². The van der Waals surface area contributed by atoms with Crippen molar-refractivity contribution in [2.24, 2.45) is 0 Å². The van der Waals surface area contributed by atoms with E-state index in [0.29, 0.717) is 18.7 Å². The molecule has 1 aliphatic heterocycles. The predicted octanol–water partition coefficient (Wildman–Crippen LogP) is 2.18. The first-order valence-electron chi connectivity index (χ1n) is 7.64. The van der Waals surface area contributed by atoms with Crippen molar-refractivity contribution < 1.29 is 9.59 Å². The number of carbonyl (C=O) groups excluding carboxylic acids is 2. The first-order valence-corrected chi connectivity index (χ1v) is 8.52. The molecule has 1 saturated carbocycles. The van der Waals surface area contributed by atoms with Gasteiger partial charge in [-0.25, -0.2) is 4.98 Å². The van der Waals surface area contributed by atoms with Crippen LogP contribution in [0, 0.1) is 0 Å². The van der Waals surface area contributed by atoms with Crippen LogP contribution in [0.5, 0.6) is 0 Å². The summed E-state index contributed by atoms with van der Waals surface area (Å²) in [6, 6.07) is 5.62. The monoisotopic (exact) mass is 315 g/mol. The number of hydrogen-bond donors (Lipinski definition) is 1. The number of piperazine rings is 1. The van der Waals surface area contributed by atoms with E-state index in [1.165, 1.54) is 0 Å². The standard InChI is InChI=1S/C16H17N3O2S/c20-14(11-3-4-13-12(9-11)18-10-22-13)19-8-7-17-15(21)16(19)5-1-2-6-16/h3-4,9-10H,1-2,5-8H2,(H,17,21). The summed E-state index contributed by atoms with van der Waals surface area (Å²) >= 11 is 1.56. The van der Waals surface area contributed by atoms with E-state index >= 15 is 0 Å². The van der Waals surface area contributed by atoms with Gasteiger partial charge >= 0.3 is 0 Å². The van der Waals surface area contributed by atoms with Gasteiger partial charge in [-0.2, -0.15) is 0 Å². The number of hydrogen-bond acceptors (Lipinski definition) is 4. The van der Waals surface area contributed by atoms with Crippen LogP contribution >= 0.6 is 11.3 Å². The average Bonchev–Trinajstić information content (AvgIpc) is 3.18. The molecule has 1 spiro atoms. The smallest absolute Gasteiger partial charge is 0.254 e. The van der Waals surface area contributed by atoms with Crippen molar-refractivity contribution in [2.75, 3.05) is 13.1 Å². The first-order chi connectivity index (χ1) is 10.7. The summed E-state index contributed by atoms with van der Waals surface area (Å²) in [7, 11) is 0. The van der Waals surface area contributed by atoms with Crippen molar-refractivity contribution in [3.05, 3.63) is 29.3 Å². The van der Waals surface area contributed by atoms with Gasteiger partial charge in [0.25, 0.3) is 5.91 Å². The molecule has 1 N–H and O–H groups in total. The van der Waals surface area contributed by atoms with E-state index in [1.807, 2.05) is 18.2 Å². The normalized spacial score (nSPS) is 20.5. The lowest BCUT2D eigenvalue weighted by atomic mass is 9.90. The molecule has 0 bridgehead atoms. The number of thiazole rings is 1. The Kier molecular flexibility index (Phi) is 3.14. The van der Waals surface area contributed by atoms with Crippen molar-refractivity contribution in [3.63, 3.8) is 0 Å². The van der Waals surface area contributed by atoms with E-state index in [4.69, 9.17) is 0 Å². The lowest BCUT2D eigenvalue weighted by molar-refractivity contribution is -0.134. The van der Waals surface area contributed by atoms with Crippen LogP contribution in [0.1, 0.15) is 36.0 Å². The van der Waals surface area contributed by atoms with Gasteiger partial charge in [-0.1, -0.05) is 12.8 Å². The number of benzene rings is 1. The third-order valence-corrected chi connectivity index (χ3v) is 5.62. The molecule has 1 aliphatic carbocycles. The molecule has 114 valence electrons. The molecule has 2 fully saturated rings. The Labute approximate surface area is 132 Å². The van der Waals surface area contributed by atoms with Gasteiger partial charge in [0.05, 0.1) is 15.7 Å². The second kappa shape index (κ2) is 5.05. The van der Waals surface area contributed by atoms with Crippen LogP contribution in [0.2, 0.25) is 0 Å². The number of carbonyl (C=O) groups is 2. The van der Waals surface area contributed by atoms with Crippen LogP contribution < -0.4 is 5.32 Å². The van der Waals surface area contributed by atoms with E-state index in [-0.39, 0.29) is 11.8 Å². The molecule has 1 saturated heterocycles. The minimum absolute atomic E-state index is 0.0133. The second-order valence-corrected chi connectivity index (χ2v) is 6.87. The van der Waals surface area contributed by atoms with Crippen molar-refractivity contribution in [2.45, 2.75) is 31.2 Å². The number of nitrogens with one attached hydrogen (secondary N) is 1. The Morgan fingerprint density at radius 2 is 2.14 bits per heavy atom. The molecule has 22 heavy (non-hydrogen) atoms. The highest BCUT2D eigenvalue weighted by Crippen LogP contribution is 2.38. The number of nitrogens with zero attached hydrogens (tertiary/aromatic N) is 2. The molecular formula is C16H17N3O2S. The molecular weight excluding hydrogens is 298 g/mol. The molecule has 4 rings (SSSR count). The van der Waals surface area contributed by atoms with Gasteiger partial charge in [0.1, 0.15) is 5.54 Å². The minimum Gasteiger partial charge on any atom is -0.352 e. The molecule has 2 aromatic rings. The first kappa shape index (κ1) is 13.7. The van der Waals surface area contributed by atoms with Gasteiger partial charge in [-0.15, -0.1) is 11.3 Å². The molecule has 0 radical (unpaired) electrons. The molecule has 6 heteroatoms. The fourth-order valence-electron chi connectivity index (χ4n) is 3.68. The highest BCUT2D eigenvalue weighted by atomic mass is 32.1. The van der Waals surface area contributed by atoms with E-state index in [1.54, 1.807) is 21.7 Å². The SMILES string of the molecule is O=C(c1ccc2scnc2c1)N1CCNC(=O)C12CCCC2. The zero-order valence-electron chi connectivity index (χ0n) is 12.2. The topological polar surface area (TPSA) is 62.3 Å². The highest BCUT2D eigenvalue weighted by Gasteiger charge is 2.50. The molecule has 1 aromatic heterocycles. The van der Waals surface area contributed by atoms with Gasteiger partial charge in [0, 0.05) is 18.7 Å². The Morgan fingerprint density at radius 1 is 1.32 bits per heavy atom. The number of aromatic nitrogens is 1. The summed E-state index contributed by atoms with van der Waals surface area (Å²) in [6.07, 6.45) is 3.54. The minimum atomic E-state index is -0.633. The Balaban J connectivity index is 1.72. The lowest BCUT2D eigenvalue weighted by Crippen LogP contribution is -2.65. The number of fused-ring (bicyclic) bond motifs is 1. The number of rotatable bonds is 1. The van der Waals surface area contributed by atoms with Crippen molar-refractivity contribution in [3.8, 4) is 0 Å². The Hall–Kier alpha value is -1.95. The van der Waals surface area contributed by atoms with Gasteiger partial charge in [-0.05, 0) is 31.0 Å². The van der Waals surface area contributed by atoms with Gasteiger partial charge in [-0.3, -0.25) is 9.59 Å². The number of amides is 2. The van der Waals surface area contributed by atoms with Gasteiger partial charge in [0.15, 0.2) is 0 Å². The summed E-state index contributed by atoms with van der Waals surface area (Å²) in [5.74, 6) is -0.0361. The summed E-state index contributed by atoms with van der Waals surface area (Å²) in [4.78, 5) is 31.5. The molecule has 1 aromatic carbocycles. The van der Waals surface area contributed by atoms with E-state index in [9.17, 15) is 9.59 Å². The molecule has 0 unspecified atom stereocenters. The molecule has 2 heterocycles. The van der Waals surface area contributed by atoms with Crippen LogP contribution in [0.3, 0.4) is 0 Å². The predicted molar refractivity (Wildman–Crippen MR) is 84.9 cm³/mol. The fraction of sp³-hybridized carbons (Fsp3) is 0.438. The fourth-order valence-corrected chi connectivity index (χ4v) is 4.34. The van der Waals surface area contributed by atoms with Gasteiger partial charge < -0.3 is 10.2 Å². The zero-order valence-corrected chi connectivity index (χ0v) is 13.0. The maximum absolute atomic E-state index is 13.0. The van der Waals surface area contributed by atoms with Crippen molar-refractivity contribution in [1.29, 1.82) is 0 Å². The molecule has 2 amide bonds. The molecule has 0 atom stereocenters. The van der Waals surface area contributed by atoms with E-state index in [0.717, 1.165) is 35.9 Å². The van der Waals surface area contributed by atoms with Crippen LogP contribution in [-0.4, -0.2) is 40.3 Å². The largest absolute Gasteiger partial charge is 0.352 e. The van der Waals surface area contributed by atoms with Crippen LogP contribution in [0.15, 0.2) is 23.7 Å². The third kappa shape index (κ3) is 1.94. The Morgan fingerprint density at radius 3 is 2.95 bits per heavy atom. The lowest BCUT2D eigenvalue weighted by Gasteiger charge is -2.43. The van der Waals surface area contributed by atoms with E-state index < -0.39 is 5.54 Å². The maximum atomic E-state index is 13.0. The van der Waals surface area contributed by atoms with Crippen molar-refractivity contribution >= 4 is 33.4 Å². The Bertz CT molecular complexity index is 749. The van der Waals surface area contributed by atoms with Gasteiger partial charge in [0.2, 0.25) is 5.91 Å². The molecule has 2 aliphatic rings. The molecule has 5 nitrogen and oxygen atoms in total. The van der Waals surface area contributed by atoms with Crippen LogP contribution in [0.25, 0.3) is 10.2 Å². The second-order valence-electron chi connectivity index (χ2n) is 5.99. The average molecular weight is 315 g/mol. The van der Waals surface area contributed by atoms with Crippen molar-refractivity contribution in [1.82, 2.24) is 15.2 Å². The van der Waals surface area contributed by atoms with Crippen LogP contribution in [0.4, 0.5) is 0 Å². The highest BCUT2D eigenvalue weighted by molar-refractivity contribution is 7.16. The summed E-state index contributed by atoms with van der Waals surface area (Å²) in [6.45, 7) is 1.12. The summed E-state index contributed by atoms with van der Waals surface area (Å²) in [5, 5.41) is 2.93. The third-order valence-electron chi connectivity index (χ3n) is 4.81. The van der Waals surface area contributed by atoms with Crippen LogP contribution in [-0.2, 0) is 4.79 Å². The summed E-state index contributed by atoms with van der Waals surface area (Å²) < 4.78 is 1.07. The maximum Gasteiger partial charge on any atom is 0.254 e. The summed E-state index contributed by atoms with van der Waals surface area (Å²) in [5.41, 5.74) is 2.62. The quantitative estimate of drug-likeness (QED) is 0.877.